The molecule has 1 aliphatic rings. The number of rotatable bonds is 7. The van der Waals surface area contributed by atoms with E-state index in [4.69, 9.17) is 27.9 Å². The van der Waals surface area contributed by atoms with E-state index in [1.54, 1.807) is 65.6 Å². The Morgan fingerprint density at radius 3 is 1.90 bits per heavy atom. The standard InChI is InChI=1S/C28H26Cl2N4O5S2/c1-20-12-14-21(15-13-20)34-27(41(37,38)23-10-6-3-7-11-23)26(40(35,36)22-8-4-2-5-9-22)32-28(34)31-25(24(29)30)33-16-18-39-19-17-33/h2-15,24H,16-19H2,1H3. The fourth-order valence-electron chi connectivity index (χ4n) is 4.36. The third-order valence-electron chi connectivity index (χ3n) is 6.44. The maximum absolute atomic E-state index is 14.3. The van der Waals surface area contributed by atoms with Crippen molar-refractivity contribution < 1.29 is 21.6 Å². The Bertz CT molecular complexity index is 1770. The second-order valence-electron chi connectivity index (χ2n) is 9.20. The number of benzene rings is 3. The van der Waals surface area contributed by atoms with Gasteiger partial charge in [-0.25, -0.2) is 16.8 Å². The number of ether oxygens (including phenoxy) is 1. The molecule has 0 unspecified atom stereocenters. The number of sulfone groups is 2. The zero-order valence-electron chi connectivity index (χ0n) is 21.9. The SMILES string of the molecule is Cc1ccc(-n2c(N=C(C(Cl)Cl)N3CCOCC3)nc(S(=O)(=O)c3ccccc3)c2S(=O)(=O)c2ccccc2)cc1. The molecule has 1 aromatic heterocycles. The van der Waals surface area contributed by atoms with E-state index < -0.39 is 34.6 Å². The van der Waals surface area contributed by atoms with E-state index in [0.29, 0.717) is 32.0 Å². The van der Waals surface area contributed by atoms with Crippen LogP contribution in [0.3, 0.4) is 0 Å². The molecule has 0 aliphatic carbocycles. The average molecular weight is 634 g/mol. The number of aryl methyl sites for hydroxylation is 1. The van der Waals surface area contributed by atoms with Gasteiger partial charge in [-0.15, -0.1) is 0 Å². The van der Waals surface area contributed by atoms with Gasteiger partial charge in [0.25, 0.3) is 0 Å². The summed E-state index contributed by atoms with van der Waals surface area (Å²) in [4.78, 5) is 9.50. The van der Waals surface area contributed by atoms with Crippen LogP contribution in [0.15, 0.2) is 110 Å². The minimum Gasteiger partial charge on any atom is -0.378 e. The van der Waals surface area contributed by atoms with Crippen LogP contribution >= 0.6 is 23.2 Å². The zero-order chi connectivity index (χ0) is 29.2. The number of alkyl halides is 2. The Balaban J connectivity index is 1.88. The first-order valence-electron chi connectivity index (χ1n) is 12.6. The van der Waals surface area contributed by atoms with Gasteiger partial charge >= 0.3 is 0 Å². The predicted octanol–water partition coefficient (Wildman–Crippen LogP) is 5.01. The summed E-state index contributed by atoms with van der Waals surface area (Å²) in [5.41, 5.74) is 1.26. The summed E-state index contributed by atoms with van der Waals surface area (Å²) in [6, 6.07) is 22.0. The highest BCUT2D eigenvalue weighted by Crippen LogP contribution is 2.37. The highest BCUT2D eigenvalue weighted by atomic mass is 35.5. The van der Waals surface area contributed by atoms with E-state index >= 15 is 0 Å². The topological polar surface area (TPSA) is 111 Å². The minimum absolute atomic E-state index is 0.103. The molecular formula is C28H26Cl2N4O5S2. The van der Waals surface area contributed by atoms with E-state index in [-0.39, 0.29) is 21.6 Å². The van der Waals surface area contributed by atoms with Crippen molar-refractivity contribution in [1.82, 2.24) is 14.5 Å². The number of imidazole rings is 1. The molecule has 9 nitrogen and oxygen atoms in total. The van der Waals surface area contributed by atoms with Crippen LogP contribution in [0.2, 0.25) is 0 Å². The summed E-state index contributed by atoms with van der Waals surface area (Å²) < 4.78 is 63.3. The van der Waals surface area contributed by atoms with E-state index in [1.165, 1.54) is 28.8 Å². The van der Waals surface area contributed by atoms with Crippen molar-refractivity contribution in [2.24, 2.45) is 4.99 Å². The first kappa shape index (κ1) is 29.3. The van der Waals surface area contributed by atoms with Gasteiger partial charge in [0.15, 0.2) is 14.9 Å². The maximum atomic E-state index is 14.3. The fourth-order valence-corrected chi connectivity index (χ4v) is 8.10. The Labute approximate surface area is 248 Å². The number of aromatic nitrogens is 2. The van der Waals surface area contributed by atoms with Crippen molar-refractivity contribution in [3.63, 3.8) is 0 Å². The Morgan fingerprint density at radius 1 is 0.829 bits per heavy atom. The largest absolute Gasteiger partial charge is 0.378 e. The molecule has 0 atom stereocenters. The second kappa shape index (κ2) is 11.9. The first-order chi connectivity index (χ1) is 19.6. The lowest BCUT2D eigenvalue weighted by Crippen LogP contribution is -2.43. The lowest BCUT2D eigenvalue weighted by atomic mass is 10.2. The van der Waals surface area contributed by atoms with Crippen LogP contribution in [0.5, 0.6) is 0 Å². The van der Waals surface area contributed by atoms with Gasteiger partial charge in [-0.3, -0.25) is 4.57 Å². The van der Waals surface area contributed by atoms with Gasteiger partial charge in [-0.05, 0) is 43.3 Å². The molecule has 1 aliphatic heterocycles. The fraction of sp³-hybridized carbons (Fsp3) is 0.214. The molecule has 0 saturated carbocycles. The first-order valence-corrected chi connectivity index (χ1v) is 16.4. The van der Waals surface area contributed by atoms with Crippen LogP contribution in [-0.4, -0.2) is 68.3 Å². The van der Waals surface area contributed by atoms with Crippen LogP contribution < -0.4 is 0 Å². The molecule has 214 valence electrons. The van der Waals surface area contributed by atoms with Crippen molar-refractivity contribution in [3.05, 3.63) is 90.5 Å². The van der Waals surface area contributed by atoms with Crippen LogP contribution in [-0.2, 0) is 24.4 Å². The number of morpholine rings is 1. The quantitative estimate of drug-likeness (QED) is 0.160. The van der Waals surface area contributed by atoms with Gasteiger partial charge in [0.05, 0.1) is 23.0 Å². The molecular weight excluding hydrogens is 607 g/mol. The lowest BCUT2D eigenvalue weighted by molar-refractivity contribution is 0.0677. The lowest BCUT2D eigenvalue weighted by Gasteiger charge is -2.30. The highest BCUT2D eigenvalue weighted by Gasteiger charge is 2.38. The van der Waals surface area contributed by atoms with E-state index in [2.05, 4.69) is 9.98 Å². The molecule has 3 aromatic carbocycles. The molecule has 0 N–H and O–H groups in total. The monoisotopic (exact) mass is 632 g/mol. The van der Waals surface area contributed by atoms with Crippen molar-refractivity contribution in [2.75, 3.05) is 26.3 Å². The molecule has 0 amide bonds. The molecule has 1 fully saturated rings. The summed E-state index contributed by atoms with van der Waals surface area (Å²) in [5, 5.41) is -1.20. The van der Waals surface area contributed by atoms with Crippen LogP contribution in [0.1, 0.15) is 5.56 Å². The van der Waals surface area contributed by atoms with Crippen molar-refractivity contribution in [2.45, 2.75) is 31.6 Å². The smallest absolute Gasteiger partial charge is 0.238 e. The maximum Gasteiger partial charge on any atom is 0.238 e. The molecule has 5 rings (SSSR count). The Hall–Kier alpha value is -3.22. The molecule has 41 heavy (non-hydrogen) atoms. The normalized spacial score (nSPS) is 14.9. The average Bonchev–Trinajstić information content (AvgIpc) is 3.38. The van der Waals surface area contributed by atoms with E-state index in [1.807, 2.05) is 6.92 Å². The Kier molecular flexibility index (Phi) is 8.53. The number of aliphatic imine (C=N–C) groups is 1. The van der Waals surface area contributed by atoms with Gasteiger partial charge in [0, 0.05) is 18.8 Å². The number of halogens is 2. The van der Waals surface area contributed by atoms with Crippen LogP contribution in [0, 0.1) is 6.92 Å². The predicted molar refractivity (Wildman–Crippen MR) is 157 cm³/mol. The van der Waals surface area contributed by atoms with Crippen molar-refractivity contribution in [1.29, 1.82) is 0 Å². The summed E-state index contributed by atoms with van der Waals surface area (Å²) in [7, 11) is -8.90. The number of amidine groups is 1. The van der Waals surface area contributed by atoms with Gasteiger partial charge in [0.2, 0.25) is 25.6 Å². The summed E-state index contributed by atoms with van der Waals surface area (Å²) in [5.74, 6) is -0.00651. The summed E-state index contributed by atoms with van der Waals surface area (Å²) in [6.07, 6.45) is 0. The van der Waals surface area contributed by atoms with Gasteiger partial charge in [-0.1, -0.05) is 77.3 Å². The number of hydrogen-bond acceptors (Lipinski definition) is 7. The van der Waals surface area contributed by atoms with Crippen molar-refractivity contribution >= 4 is 54.7 Å². The van der Waals surface area contributed by atoms with Crippen LogP contribution in [0.25, 0.3) is 5.69 Å². The molecule has 0 spiro atoms. The van der Waals surface area contributed by atoms with E-state index in [0.717, 1.165) is 5.56 Å². The Morgan fingerprint density at radius 2 is 1.37 bits per heavy atom. The summed E-state index contributed by atoms with van der Waals surface area (Å²) >= 11 is 12.7. The van der Waals surface area contributed by atoms with Gasteiger partial charge in [0.1, 0.15) is 5.84 Å². The van der Waals surface area contributed by atoms with Gasteiger partial charge < -0.3 is 9.64 Å². The molecule has 4 aromatic rings. The molecule has 1 saturated heterocycles. The molecule has 0 radical (unpaired) electrons. The number of hydrogen-bond donors (Lipinski definition) is 0. The second-order valence-corrected chi connectivity index (χ2v) is 14.0. The van der Waals surface area contributed by atoms with Gasteiger partial charge in [-0.2, -0.15) is 9.98 Å². The third kappa shape index (κ3) is 5.91. The molecule has 0 bridgehead atoms. The van der Waals surface area contributed by atoms with Crippen molar-refractivity contribution in [3.8, 4) is 5.69 Å². The highest BCUT2D eigenvalue weighted by molar-refractivity contribution is 7.94. The third-order valence-corrected chi connectivity index (χ3v) is 10.4. The zero-order valence-corrected chi connectivity index (χ0v) is 25.0. The number of nitrogens with zero attached hydrogens (tertiary/aromatic N) is 4. The van der Waals surface area contributed by atoms with Crippen LogP contribution in [0.4, 0.5) is 5.95 Å². The van der Waals surface area contributed by atoms with E-state index in [9.17, 15) is 16.8 Å². The molecule has 2 heterocycles. The molecule has 13 heteroatoms. The minimum atomic E-state index is -4.46. The summed E-state index contributed by atoms with van der Waals surface area (Å²) in [6.45, 7) is 3.57.